The van der Waals surface area contributed by atoms with Crippen molar-refractivity contribution in [1.29, 1.82) is 0 Å². The van der Waals surface area contributed by atoms with Gasteiger partial charge in [-0.05, 0) is 67.5 Å². The number of nitrogens with one attached hydrogen (secondary N) is 1. The fourth-order valence-electron chi connectivity index (χ4n) is 6.82. The zero-order valence-electron chi connectivity index (χ0n) is 23.6. The van der Waals surface area contributed by atoms with Crippen LogP contribution in [0, 0.1) is 28.8 Å². The van der Waals surface area contributed by atoms with Crippen LogP contribution in [0.4, 0.5) is 15.8 Å². The lowest BCUT2D eigenvalue weighted by Gasteiger charge is -2.40. The van der Waals surface area contributed by atoms with Crippen LogP contribution < -0.4 is 5.32 Å². The molecule has 3 atom stereocenters. The number of amides is 1. The lowest BCUT2D eigenvalue weighted by Crippen LogP contribution is -2.53. The standard InChI is InChI=1S/C32H29ClFN3O6/c1-17-4-3-5-22(29(17)34)25-14-21(15-28(38)23-10-8-19(30(39)43-2)12-27(23)37(41)42)36(16-18-6-7-18)32(25)24-11-9-20(33)13-26(24)35-31(32)40/h3-5,8-13,18,21,25H,6-7,14-16H2,1-2H3,(H,35,40)/t21-,25-,32-/m1/s1. The molecule has 0 unspecified atom stereocenters. The molecule has 0 bridgehead atoms. The number of methoxy groups -OCH3 is 1. The van der Waals surface area contributed by atoms with E-state index in [4.69, 9.17) is 11.6 Å². The van der Waals surface area contributed by atoms with Gasteiger partial charge in [0.15, 0.2) is 5.78 Å². The number of esters is 1. The second-order valence-electron chi connectivity index (χ2n) is 11.5. The van der Waals surface area contributed by atoms with Gasteiger partial charge in [0.1, 0.15) is 11.4 Å². The van der Waals surface area contributed by atoms with Crippen molar-refractivity contribution < 1.29 is 28.4 Å². The maximum atomic E-state index is 15.8. The Morgan fingerprint density at radius 1 is 1.19 bits per heavy atom. The van der Waals surface area contributed by atoms with Crippen LogP contribution in [0.25, 0.3) is 0 Å². The number of fused-ring (bicyclic) bond motifs is 2. The summed E-state index contributed by atoms with van der Waals surface area (Å²) in [5, 5.41) is 15.4. The van der Waals surface area contributed by atoms with Gasteiger partial charge in [0, 0.05) is 47.3 Å². The van der Waals surface area contributed by atoms with Gasteiger partial charge in [-0.3, -0.25) is 24.6 Å². The molecule has 2 aliphatic heterocycles. The minimum atomic E-state index is -1.32. The fraction of sp³-hybridized carbons (Fsp3) is 0.344. The number of carbonyl (C=O) groups is 3. The highest BCUT2D eigenvalue weighted by atomic mass is 35.5. The second kappa shape index (κ2) is 10.8. The van der Waals surface area contributed by atoms with Gasteiger partial charge in [0.2, 0.25) is 5.91 Å². The lowest BCUT2D eigenvalue weighted by atomic mass is 9.75. The van der Waals surface area contributed by atoms with Gasteiger partial charge >= 0.3 is 5.97 Å². The van der Waals surface area contributed by atoms with E-state index in [9.17, 15) is 24.5 Å². The molecular formula is C32H29ClFN3O6. The average Bonchev–Trinajstić information content (AvgIpc) is 3.69. The van der Waals surface area contributed by atoms with Gasteiger partial charge in [0.25, 0.3) is 5.69 Å². The van der Waals surface area contributed by atoms with Crippen LogP contribution in [0.1, 0.15) is 69.0 Å². The van der Waals surface area contributed by atoms with E-state index in [0.717, 1.165) is 26.0 Å². The number of rotatable bonds is 8. The van der Waals surface area contributed by atoms with Crippen LogP contribution in [-0.4, -0.2) is 47.2 Å². The van der Waals surface area contributed by atoms with Gasteiger partial charge in [-0.1, -0.05) is 35.9 Å². The van der Waals surface area contributed by atoms with E-state index in [0.29, 0.717) is 39.9 Å². The topological polar surface area (TPSA) is 119 Å². The molecule has 43 heavy (non-hydrogen) atoms. The summed E-state index contributed by atoms with van der Waals surface area (Å²) in [7, 11) is 1.16. The first-order chi connectivity index (χ1) is 20.6. The molecule has 2 heterocycles. The van der Waals surface area contributed by atoms with Crippen molar-refractivity contribution in [3.05, 3.63) is 103 Å². The van der Waals surface area contributed by atoms with Crippen LogP contribution >= 0.6 is 11.6 Å². The molecule has 9 nitrogen and oxygen atoms in total. The Morgan fingerprint density at radius 2 is 1.95 bits per heavy atom. The Hall–Kier alpha value is -4.15. The van der Waals surface area contributed by atoms with Crippen LogP contribution in [-0.2, 0) is 15.1 Å². The van der Waals surface area contributed by atoms with Crippen LogP contribution in [0.2, 0.25) is 5.02 Å². The third kappa shape index (κ3) is 4.78. The molecule has 3 aromatic carbocycles. The molecule has 1 saturated heterocycles. The number of carbonyl (C=O) groups excluding carboxylic acids is 3. The number of halogens is 2. The molecule has 11 heteroatoms. The smallest absolute Gasteiger partial charge is 0.338 e. The molecule has 1 spiro atoms. The zero-order chi connectivity index (χ0) is 30.6. The van der Waals surface area contributed by atoms with E-state index in [1.165, 1.54) is 12.1 Å². The predicted molar refractivity (Wildman–Crippen MR) is 157 cm³/mol. The molecule has 3 aromatic rings. The minimum Gasteiger partial charge on any atom is -0.465 e. The minimum absolute atomic E-state index is 0.0474. The molecule has 0 aromatic heterocycles. The van der Waals surface area contributed by atoms with Crippen LogP contribution in [0.5, 0.6) is 0 Å². The molecule has 1 aliphatic carbocycles. The van der Waals surface area contributed by atoms with Crippen molar-refractivity contribution in [2.45, 2.75) is 50.1 Å². The highest BCUT2D eigenvalue weighted by Crippen LogP contribution is 2.59. The number of benzene rings is 3. The summed E-state index contributed by atoms with van der Waals surface area (Å²) in [5.74, 6) is -2.35. The van der Waals surface area contributed by atoms with E-state index in [-0.39, 0.29) is 29.9 Å². The SMILES string of the molecule is COC(=O)c1ccc(C(=O)C[C@H]2C[C@H](c3cccc(C)c3F)[C@]3(C(=O)Nc4cc(Cl)ccc43)N2CC2CC2)c([N+](=O)[O-])c1. The van der Waals surface area contributed by atoms with E-state index in [1.807, 2.05) is 4.90 Å². The molecule has 2 fully saturated rings. The van der Waals surface area contributed by atoms with Gasteiger partial charge in [-0.2, -0.15) is 0 Å². The monoisotopic (exact) mass is 605 g/mol. The van der Waals surface area contributed by atoms with E-state index in [1.54, 1.807) is 43.3 Å². The van der Waals surface area contributed by atoms with E-state index in [2.05, 4.69) is 10.1 Å². The number of Topliss-reactive ketones (excluding diaryl/α,β-unsaturated/α-hetero) is 1. The van der Waals surface area contributed by atoms with E-state index >= 15 is 4.39 Å². The van der Waals surface area contributed by atoms with Crippen molar-refractivity contribution in [3.8, 4) is 0 Å². The molecule has 1 N–H and O–H groups in total. The Kier molecular flexibility index (Phi) is 7.30. The summed E-state index contributed by atoms with van der Waals surface area (Å²) in [5.41, 5.74) is 0.00518. The molecular weight excluding hydrogens is 577 g/mol. The summed E-state index contributed by atoms with van der Waals surface area (Å²) in [6.07, 6.45) is 2.05. The summed E-state index contributed by atoms with van der Waals surface area (Å²) in [6, 6.07) is 13.4. The number of aryl methyl sites for hydroxylation is 1. The van der Waals surface area contributed by atoms with Gasteiger partial charge in [-0.15, -0.1) is 0 Å². The summed E-state index contributed by atoms with van der Waals surface area (Å²) in [6.45, 7) is 2.17. The van der Waals surface area contributed by atoms with Crippen molar-refractivity contribution in [3.63, 3.8) is 0 Å². The molecule has 1 amide bonds. The number of anilines is 1. The van der Waals surface area contributed by atoms with Gasteiger partial charge < -0.3 is 10.1 Å². The number of ketones is 1. The van der Waals surface area contributed by atoms with Crippen LogP contribution in [0.15, 0.2) is 54.6 Å². The number of likely N-dealkylation sites (tertiary alicyclic amines) is 1. The van der Waals surface area contributed by atoms with Crippen molar-refractivity contribution in [1.82, 2.24) is 4.90 Å². The average molecular weight is 606 g/mol. The first kappa shape index (κ1) is 28.9. The maximum absolute atomic E-state index is 15.8. The zero-order valence-corrected chi connectivity index (χ0v) is 24.3. The largest absolute Gasteiger partial charge is 0.465 e. The number of nitrogens with zero attached hydrogens (tertiary/aromatic N) is 2. The van der Waals surface area contributed by atoms with E-state index < -0.39 is 45.7 Å². The quantitative estimate of drug-likeness (QED) is 0.141. The third-order valence-electron chi connectivity index (χ3n) is 8.98. The molecule has 3 aliphatic rings. The summed E-state index contributed by atoms with van der Waals surface area (Å²) in [4.78, 5) is 53.3. The Balaban J connectivity index is 1.47. The number of hydrogen-bond acceptors (Lipinski definition) is 7. The maximum Gasteiger partial charge on any atom is 0.338 e. The first-order valence-corrected chi connectivity index (χ1v) is 14.5. The Bertz CT molecular complexity index is 1690. The lowest BCUT2D eigenvalue weighted by molar-refractivity contribution is -0.385. The highest BCUT2D eigenvalue weighted by molar-refractivity contribution is 6.31. The molecule has 6 rings (SSSR count). The van der Waals surface area contributed by atoms with Gasteiger partial charge in [-0.25, -0.2) is 9.18 Å². The first-order valence-electron chi connectivity index (χ1n) is 14.1. The number of ether oxygens (including phenoxy) is 1. The highest BCUT2D eigenvalue weighted by Gasteiger charge is 2.64. The molecule has 1 saturated carbocycles. The van der Waals surface area contributed by atoms with Crippen molar-refractivity contribution in [2.24, 2.45) is 5.92 Å². The number of nitro groups is 1. The van der Waals surface area contributed by atoms with Gasteiger partial charge in [0.05, 0.1) is 23.2 Å². The molecule has 222 valence electrons. The molecule has 0 radical (unpaired) electrons. The Labute approximate surface area is 252 Å². The third-order valence-corrected chi connectivity index (χ3v) is 9.21. The number of hydrogen-bond donors (Lipinski definition) is 1. The number of nitro benzene ring substituents is 1. The summed E-state index contributed by atoms with van der Waals surface area (Å²) >= 11 is 6.29. The second-order valence-corrected chi connectivity index (χ2v) is 12.0. The predicted octanol–water partition coefficient (Wildman–Crippen LogP) is 6.17. The van der Waals surface area contributed by atoms with Crippen molar-refractivity contribution in [2.75, 3.05) is 19.0 Å². The van der Waals surface area contributed by atoms with Crippen LogP contribution in [0.3, 0.4) is 0 Å². The van der Waals surface area contributed by atoms with Crippen molar-refractivity contribution >= 4 is 40.6 Å². The Morgan fingerprint density at radius 3 is 2.65 bits per heavy atom. The summed E-state index contributed by atoms with van der Waals surface area (Å²) < 4.78 is 20.5. The normalized spacial score (nSPS) is 22.8. The fourth-order valence-corrected chi connectivity index (χ4v) is 7.00.